The van der Waals surface area contributed by atoms with Crippen LogP contribution in [0.3, 0.4) is 0 Å². The van der Waals surface area contributed by atoms with Crippen molar-refractivity contribution < 1.29 is 22.0 Å². The van der Waals surface area contributed by atoms with Gasteiger partial charge in [0.05, 0.1) is 5.56 Å². The number of hydrogen-bond donors (Lipinski definition) is 2. The fourth-order valence-corrected chi connectivity index (χ4v) is 2.27. The molecule has 2 rings (SSSR count). The van der Waals surface area contributed by atoms with Crippen LogP contribution in [-0.4, -0.2) is 24.1 Å². The smallest absolute Gasteiger partial charge is 0.259 e. The lowest BCUT2D eigenvalue weighted by Crippen LogP contribution is -2.18. The van der Waals surface area contributed by atoms with Gasteiger partial charge in [0, 0.05) is 13.2 Å². The quantitative estimate of drug-likeness (QED) is 0.864. The summed E-state index contributed by atoms with van der Waals surface area (Å²) in [5.41, 5.74) is -0.582. The molecule has 0 aliphatic rings. The SMILES string of the molecule is Cn1cc(S(N)(=O)=O)c(NC(=O)c2cc(F)ccc2F)n1. The number of nitrogens with one attached hydrogen (secondary N) is 1. The van der Waals surface area contributed by atoms with Crippen molar-refractivity contribution in [1.82, 2.24) is 9.78 Å². The minimum atomic E-state index is -4.12. The number of aryl methyl sites for hydroxylation is 1. The number of carbonyl (C=O) groups is 1. The van der Waals surface area contributed by atoms with Crippen LogP contribution in [0.4, 0.5) is 14.6 Å². The Kier molecular flexibility index (Phi) is 3.75. The van der Waals surface area contributed by atoms with Gasteiger partial charge < -0.3 is 5.32 Å². The van der Waals surface area contributed by atoms with Crippen LogP contribution in [0.1, 0.15) is 10.4 Å². The van der Waals surface area contributed by atoms with Crippen LogP contribution < -0.4 is 10.5 Å². The molecule has 0 fully saturated rings. The summed E-state index contributed by atoms with van der Waals surface area (Å²) >= 11 is 0. The van der Waals surface area contributed by atoms with Crippen LogP contribution >= 0.6 is 0 Å². The number of hydrogen-bond acceptors (Lipinski definition) is 4. The number of halogens is 2. The molecule has 10 heteroatoms. The van der Waals surface area contributed by atoms with Gasteiger partial charge in [-0.15, -0.1) is 0 Å². The Labute approximate surface area is 118 Å². The van der Waals surface area contributed by atoms with Crippen molar-refractivity contribution in [2.24, 2.45) is 12.2 Å². The van der Waals surface area contributed by atoms with E-state index in [1.165, 1.54) is 7.05 Å². The Morgan fingerprint density at radius 3 is 2.67 bits per heavy atom. The Hall–Kier alpha value is -2.33. The number of nitrogens with zero attached hydrogens (tertiary/aromatic N) is 2. The van der Waals surface area contributed by atoms with E-state index in [1.54, 1.807) is 0 Å². The fourth-order valence-electron chi connectivity index (χ4n) is 1.61. The number of amides is 1. The van der Waals surface area contributed by atoms with Gasteiger partial charge in [-0.05, 0) is 18.2 Å². The summed E-state index contributed by atoms with van der Waals surface area (Å²) in [6, 6.07) is 2.32. The predicted molar refractivity (Wildman–Crippen MR) is 68.9 cm³/mol. The summed E-state index contributed by atoms with van der Waals surface area (Å²) in [6.07, 6.45) is 1.08. The average Bonchev–Trinajstić information content (AvgIpc) is 2.73. The molecule has 21 heavy (non-hydrogen) atoms. The molecule has 1 aromatic carbocycles. The van der Waals surface area contributed by atoms with E-state index in [0.717, 1.165) is 23.0 Å². The van der Waals surface area contributed by atoms with E-state index in [2.05, 4.69) is 10.4 Å². The van der Waals surface area contributed by atoms with E-state index in [9.17, 15) is 22.0 Å². The molecule has 0 unspecified atom stereocenters. The number of nitrogens with two attached hydrogens (primary N) is 1. The molecule has 3 N–H and O–H groups in total. The highest BCUT2D eigenvalue weighted by molar-refractivity contribution is 7.89. The highest BCUT2D eigenvalue weighted by atomic mass is 32.2. The molecule has 0 saturated carbocycles. The first-order valence-electron chi connectivity index (χ1n) is 5.51. The first-order chi connectivity index (χ1) is 9.68. The number of anilines is 1. The van der Waals surface area contributed by atoms with Crippen molar-refractivity contribution in [3.8, 4) is 0 Å². The van der Waals surface area contributed by atoms with Gasteiger partial charge in [0.1, 0.15) is 16.5 Å². The van der Waals surface area contributed by atoms with Crippen molar-refractivity contribution in [3.05, 3.63) is 41.6 Å². The zero-order chi connectivity index (χ0) is 15.8. The van der Waals surface area contributed by atoms with E-state index in [0.29, 0.717) is 6.07 Å². The highest BCUT2D eigenvalue weighted by Gasteiger charge is 2.22. The van der Waals surface area contributed by atoms with E-state index in [-0.39, 0.29) is 5.82 Å². The van der Waals surface area contributed by atoms with E-state index >= 15 is 0 Å². The lowest BCUT2D eigenvalue weighted by molar-refractivity contribution is 0.102. The number of carbonyl (C=O) groups excluding carboxylic acids is 1. The van der Waals surface area contributed by atoms with Gasteiger partial charge in [-0.1, -0.05) is 0 Å². The molecule has 0 aliphatic carbocycles. The van der Waals surface area contributed by atoms with E-state index in [1.807, 2.05) is 0 Å². The molecule has 0 aliphatic heterocycles. The number of aromatic nitrogens is 2. The summed E-state index contributed by atoms with van der Waals surface area (Å²) < 4.78 is 50.3. The zero-order valence-corrected chi connectivity index (χ0v) is 11.5. The minimum Gasteiger partial charge on any atom is -0.304 e. The number of primary sulfonamides is 1. The van der Waals surface area contributed by atoms with Crippen LogP contribution in [0.25, 0.3) is 0 Å². The van der Waals surface area contributed by atoms with Crippen molar-refractivity contribution in [2.45, 2.75) is 4.90 Å². The van der Waals surface area contributed by atoms with Crippen LogP contribution in [0.15, 0.2) is 29.3 Å². The summed E-state index contributed by atoms with van der Waals surface area (Å²) in [4.78, 5) is 11.4. The first-order valence-corrected chi connectivity index (χ1v) is 7.06. The lowest BCUT2D eigenvalue weighted by atomic mass is 10.2. The van der Waals surface area contributed by atoms with Crippen LogP contribution in [-0.2, 0) is 17.1 Å². The summed E-state index contributed by atoms with van der Waals surface area (Å²) in [5, 5.41) is 10.8. The van der Waals surface area contributed by atoms with Crippen molar-refractivity contribution in [2.75, 3.05) is 5.32 Å². The molecule has 0 atom stereocenters. The molecule has 0 bridgehead atoms. The molecule has 1 aromatic heterocycles. The number of benzene rings is 1. The van der Waals surface area contributed by atoms with Gasteiger partial charge in [-0.2, -0.15) is 5.10 Å². The van der Waals surface area contributed by atoms with Crippen molar-refractivity contribution in [3.63, 3.8) is 0 Å². The molecule has 2 aromatic rings. The second kappa shape index (κ2) is 5.22. The third-order valence-corrected chi connectivity index (χ3v) is 3.42. The molecular formula is C11H10F2N4O3S. The Morgan fingerprint density at radius 1 is 1.38 bits per heavy atom. The Bertz CT molecular complexity index is 817. The Morgan fingerprint density at radius 2 is 2.05 bits per heavy atom. The molecule has 0 radical (unpaired) electrons. The van der Waals surface area contributed by atoms with Gasteiger partial charge in [-0.25, -0.2) is 22.3 Å². The molecule has 0 spiro atoms. The highest BCUT2D eigenvalue weighted by Crippen LogP contribution is 2.19. The summed E-state index contributed by atoms with van der Waals surface area (Å²) in [6.45, 7) is 0. The average molecular weight is 316 g/mol. The lowest BCUT2D eigenvalue weighted by Gasteiger charge is -2.05. The van der Waals surface area contributed by atoms with Crippen molar-refractivity contribution >= 4 is 21.7 Å². The normalized spacial score (nSPS) is 11.4. The van der Waals surface area contributed by atoms with Gasteiger partial charge in [0.25, 0.3) is 5.91 Å². The van der Waals surface area contributed by atoms with Gasteiger partial charge in [0.15, 0.2) is 5.82 Å². The first kappa shape index (κ1) is 15.1. The maximum absolute atomic E-state index is 13.5. The number of rotatable bonds is 3. The molecule has 1 amide bonds. The zero-order valence-electron chi connectivity index (χ0n) is 10.7. The standard InChI is InChI=1S/C11H10F2N4O3S/c1-17-5-9(21(14,19)20)10(16-17)15-11(18)7-4-6(12)2-3-8(7)13/h2-5H,1H3,(H2,14,19,20)(H,15,16,18). The molecule has 7 nitrogen and oxygen atoms in total. The van der Waals surface area contributed by atoms with Gasteiger partial charge in [-0.3, -0.25) is 9.48 Å². The molecule has 0 saturated heterocycles. The maximum atomic E-state index is 13.5. The van der Waals surface area contributed by atoms with Crippen LogP contribution in [0.5, 0.6) is 0 Å². The van der Waals surface area contributed by atoms with E-state index < -0.39 is 38.0 Å². The van der Waals surface area contributed by atoms with Crippen LogP contribution in [0.2, 0.25) is 0 Å². The monoisotopic (exact) mass is 316 g/mol. The van der Waals surface area contributed by atoms with Crippen LogP contribution in [0, 0.1) is 11.6 Å². The van der Waals surface area contributed by atoms with Gasteiger partial charge in [0.2, 0.25) is 10.0 Å². The molecular weight excluding hydrogens is 306 g/mol. The predicted octanol–water partition coefficient (Wildman–Crippen LogP) is 0.598. The van der Waals surface area contributed by atoms with Crippen molar-refractivity contribution in [1.29, 1.82) is 0 Å². The van der Waals surface area contributed by atoms with E-state index in [4.69, 9.17) is 5.14 Å². The molecule has 112 valence electrons. The summed E-state index contributed by atoms with van der Waals surface area (Å²) in [7, 11) is -2.71. The minimum absolute atomic E-state index is 0.367. The largest absolute Gasteiger partial charge is 0.304 e. The second-order valence-electron chi connectivity index (χ2n) is 4.14. The third kappa shape index (κ3) is 3.23. The van der Waals surface area contributed by atoms with Gasteiger partial charge >= 0.3 is 0 Å². The number of sulfonamides is 1. The molecule has 1 heterocycles. The summed E-state index contributed by atoms with van der Waals surface area (Å²) in [5.74, 6) is -3.18. The third-order valence-electron chi connectivity index (χ3n) is 2.51. The maximum Gasteiger partial charge on any atom is 0.259 e. The topological polar surface area (TPSA) is 107 Å². The fraction of sp³-hybridized carbons (Fsp3) is 0.0909. The second-order valence-corrected chi connectivity index (χ2v) is 5.67. The Balaban J connectivity index is 2.39.